The maximum atomic E-state index is 11.8. The van der Waals surface area contributed by atoms with Gasteiger partial charge < -0.3 is 9.47 Å². The molecule has 0 aromatic heterocycles. The molecule has 0 aliphatic heterocycles. The van der Waals surface area contributed by atoms with Gasteiger partial charge in [0.25, 0.3) is 0 Å². The van der Waals surface area contributed by atoms with E-state index in [2.05, 4.69) is 27.7 Å². The second-order valence-corrected chi connectivity index (χ2v) is 7.61. The van der Waals surface area contributed by atoms with Gasteiger partial charge in [-0.1, -0.05) is 47.5 Å². The van der Waals surface area contributed by atoms with Crippen molar-refractivity contribution in [2.45, 2.75) is 86.0 Å². The Balaban J connectivity index is 3.62. The summed E-state index contributed by atoms with van der Waals surface area (Å²) in [5, 5.41) is 0. The summed E-state index contributed by atoms with van der Waals surface area (Å²) in [4.78, 5) is 23.5. The third kappa shape index (κ3) is 14.5. The van der Waals surface area contributed by atoms with Gasteiger partial charge in [0.05, 0.1) is 19.1 Å². The Kier molecular flexibility index (Phi) is 13.7. The Hall–Kier alpha value is -1.06. The highest BCUT2D eigenvalue weighted by atomic mass is 16.5. The Morgan fingerprint density at radius 3 is 1.71 bits per heavy atom. The number of rotatable bonds is 14. The Bertz CT molecular complexity index is 337. The third-order valence-corrected chi connectivity index (χ3v) is 4.04. The minimum absolute atomic E-state index is 0.204. The Labute approximate surface area is 148 Å². The van der Waals surface area contributed by atoms with E-state index in [-0.39, 0.29) is 24.3 Å². The second-order valence-electron chi connectivity index (χ2n) is 7.61. The first kappa shape index (κ1) is 22.9. The molecule has 0 saturated heterocycles. The summed E-state index contributed by atoms with van der Waals surface area (Å²) in [6, 6.07) is 0. The lowest BCUT2D eigenvalue weighted by molar-refractivity contribution is -0.149. The molecule has 142 valence electrons. The minimum atomic E-state index is -0.247. The summed E-state index contributed by atoms with van der Waals surface area (Å²) < 4.78 is 10.5. The number of carbonyl (C=O) groups excluding carboxylic acids is 2. The van der Waals surface area contributed by atoms with Gasteiger partial charge in [0.15, 0.2) is 0 Å². The fraction of sp³-hybridized carbons (Fsp3) is 0.900. The van der Waals surface area contributed by atoms with E-state index in [1.807, 2.05) is 6.92 Å². The highest BCUT2D eigenvalue weighted by molar-refractivity contribution is 5.74. The number of carbonyl (C=O) groups is 2. The van der Waals surface area contributed by atoms with Crippen molar-refractivity contribution in [1.29, 1.82) is 0 Å². The molecule has 0 rings (SSSR count). The highest BCUT2D eigenvalue weighted by Gasteiger charge is 2.16. The van der Waals surface area contributed by atoms with Gasteiger partial charge in [-0.15, -0.1) is 0 Å². The zero-order valence-electron chi connectivity index (χ0n) is 16.4. The standard InChI is InChI=1S/C20H38O4/c1-16(2)10-6-8-14-23-19(21)13-12-18(5)20(22)24-15-9-7-11-17(3)4/h16-18H,6-15H2,1-5H3. The first-order valence-electron chi connectivity index (χ1n) is 9.65. The largest absolute Gasteiger partial charge is 0.466 e. The van der Waals surface area contributed by atoms with Gasteiger partial charge in [-0.3, -0.25) is 9.59 Å². The fourth-order valence-electron chi connectivity index (χ4n) is 2.33. The van der Waals surface area contributed by atoms with Crippen LogP contribution in [-0.2, 0) is 19.1 Å². The molecule has 0 saturated carbocycles. The van der Waals surface area contributed by atoms with Crippen LogP contribution in [0.1, 0.15) is 86.0 Å². The molecule has 1 unspecified atom stereocenters. The van der Waals surface area contributed by atoms with Gasteiger partial charge in [0.2, 0.25) is 0 Å². The average Bonchev–Trinajstić information content (AvgIpc) is 2.51. The van der Waals surface area contributed by atoms with Crippen molar-refractivity contribution in [2.75, 3.05) is 13.2 Å². The molecule has 0 aromatic rings. The van der Waals surface area contributed by atoms with E-state index in [0.717, 1.165) is 38.5 Å². The summed E-state index contributed by atoms with van der Waals surface area (Å²) >= 11 is 0. The number of hydrogen-bond donors (Lipinski definition) is 0. The molecule has 0 aliphatic carbocycles. The quantitative estimate of drug-likeness (QED) is 0.324. The van der Waals surface area contributed by atoms with Crippen LogP contribution in [0.5, 0.6) is 0 Å². The number of hydrogen-bond acceptors (Lipinski definition) is 4. The predicted molar refractivity (Wildman–Crippen MR) is 97.7 cm³/mol. The molecule has 0 fully saturated rings. The van der Waals surface area contributed by atoms with E-state index >= 15 is 0 Å². The molecule has 4 nitrogen and oxygen atoms in total. The van der Waals surface area contributed by atoms with Gasteiger partial charge >= 0.3 is 11.9 Å². The van der Waals surface area contributed by atoms with Crippen LogP contribution >= 0.6 is 0 Å². The summed E-state index contributed by atoms with van der Waals surface area (Å²) in [5.41, 5.74) is 0. The van der Waals surface area contributed by atoms with Crippen LogP contribution in [0.25, 0.3) is 0 Å². The first-order valence-corrected chi connectivity index (χ1v) is 9.65. The zero-order chi connectivity index (χ0) is 18.4. The maximum Gasteiger partial charge on any atom is 0.308 e. The molecule has 0 heterocycles. The van der Waals surface area contributed by atoms with Crippen LogP contribution in [0.15, 0.2) is 0 Å². The first-order chi connectivity index (χ1) is 11.3. The monoisotopic (exact) mass is 342 g/mol. The van der Waals surface area contributed by atoms with Gasteiger partial charge in [-0.2, -0.15) is 0 Å². The molecule has 0 bridgehead atoms. The van der Waals surface area contributed by atoms with E-state index in [1.165, 1.54) is 0 Å². The molecule has 0 spiro atoms. The molecule has 0 aromatic carbocycles. The lowest BCUT2D eigenvalue weighted by Crippen LogP contribution is -2.17. The maximum absolute atomic E-state index is 11.8. The zero-order valence-corrected chi connectivity index (χ0v) is 16.4. The van der Waals surface area contributed by atoms with Gasteiger partial charge in [-0.05, 0) is 43.9 Å². The topological polar surface area (TPSA) is 52.6 Å². The average molecular weight is 343 g/mol. The summed E-state index contributed by atoms with van der Waals surface area (Å²) in [6.07, 6.45) is 7.11. The number of unbranched alkanes of at least 4 members (excludes halogenated alkanes) is 2. The third-order valence-electron chi connectivity index (χ3n) is 4.04. The number of ether oxygens (including phenoxy) is 2. The van der Waals surface area contributed by atoms with E-state index in [9.17, 15) is 9.59 Å². The molecular weight excluding hydrogens is 304 g/mol. The van der Waals surface area contributed by atoms with Crippen molar-refractivity contribution in [3.8, 4) is 0 Å². The van der Waals surface area contributed by atoms with Crippen LogP contribution in [0, 0.1) is 17.8 Å². The lowest BCUT2D eigenvalue weighted by Gasteiger charge is -2.12. The van der Waals surface area contributed by atoms with Crippen molar-refractivity contribution >= 4 is 11.9 Å². The second kappa shape index (κ2) is 14.3. The highest BCUT2D eigenvalue weighted by Crippen LogP contribution is 2.11. The van der Waals surface area contributed by atoms with Crippen molar-refractivity contribution < 1.29 is 19.1 Å². The molecule has 0 radical (unpaired) electrons. The van der Waals surface area contributed by atoms with E-state index in [4.69, 9.17) is 9.47 Å². The summed E-state index contributed by atoms with van der Waals surface area (Å²) in [7, 11) is 0. The molecule has 0 N–H and O–H groups in total. The lowest BCUT2D eigenvalue weighted by atomic mass is 10.1. The van der Waals surface area contributed by atoms with Crippen LogP contribution < -0.4 is 0 Å². The van der Waals surface area contributed by atoms with Gasteiger partial charge in [0, 0.05) is 6.42 Å². The summed E-state index contributed by atoms with van der Waals surface area (Å²) in [5.74, 6) is 0.720. The van der Waals surface area contributed by atoms with Gasteiger partial charge in [0.1, 0.15) is 0 Å². The van der Waals surface area contributed by atoms with Crippen molar-refractivity contribution in [2.24, 2.45) is 17.8 Å². The minimum Gasteiger partial charge on any atom is -0.466 e. The van der Waals surface area contributed by atoms with Crippen LogP contribution in [-0.4, -0.2) is 25.2 Å². The molecule has 4 heteroatoms. The SMILES string of the molecule is CC(C)CCCCOC(=O)CCC(C)C(=O)OCCCCC(C)C. The van der Waals surface area contributed by atoms with E-state index in [0.29, 0.717) is 31.5 Å². The summed E-state index contributed by atoms with van der Waals surface area (Å²) in [6.45, 7) is 11.5. The normalized spacial score (nSPS) is 12.5. The van der Waals surface area contributed by atoms with Crippen LogP contribution in [0.3, 0.4) is 0 Å². The van der Waals surface area contributed by atoms with Crippen molar-refractivity contribution in [3.05, 3.63) is 0 Å². The number of esters is 2. The Morgan fingerprint density at radius 2 is 1.21 bits per heavy atom. The van der Waals surface area contributed by atoms with E-state index in [1.54, 1.807) is 0 Å². The Morgan fingerprint density at radius 1 is 0.708 bits per heavy atom. The molecule has 24 heavy (non-hydrogen) atoms. The van der Waals surface area contributed by atoms with Crippen molar-refractivity contribution in [1.82, 2.24) is 0 Å². The van der Waals surface area contributed by atoms with Gasteiger partial charge in [-0.25, -0.2) is 0 Å². The fourth-order valence-corrected chi connectivity index (χ4v) is 2.33. The predicted octanol–water partition coefficient (Wildman–Crippen LogP) is 5.14. The molecule has 0 amide bonds. The molecule has 1 atom stereocenters. The van der Waals surface area contributed by atoms with Crippen LogP contribution in [0.4, 0.5) is 0 Å². The molecule has 0 aliphatic rings. The van der Waals surface area contributed by atoms with E-state index < -0.39 is 0 Å². The van der Waals surface area contributed by atoms with Crippen molar-refractivity contribution in [3.63, 3.8) is 0 Å². The molecular formula is C20H38O4. The van der Waals surface area contributed by atoms with Crippen LogP contribution in [0.2, 0.25) is 0 Å². The smallest absolute Gasteiger partial charge is 0.308 e.